The van der Waals surface area contributed by atoms with Crippen molar-refractivity contribution in [2.24, 2.45) is 0 Å². The van der Waals surface area contributed by atoms with Crippen LogP contribution in [0, 0.1) is 0 Å². The number of hydrogen-bond donors (Lipinski definition) is 1. The van der Waals surface area contributed by atoms with Crippen LogP contribution in [0.5, 0.6) is 0 Å². The Hall–Kier alpha value is -1.96. The first-order chi connectivity index (χ1) is 13.4. The Morgan fingerprint density at radius 3 is 2.46 bits per heavy atom. The van der Waals surface area contributed by atoms with Crippen molar-refractivity contribution in [1.82, 2.24) is 0 Å². The summed E-state index contributed by atoms with van der Waals surface area (Å²) in [6.45, 7) is 0. The minimum atomic E-state index is -1.78. The fourth-order valence-corrected chi connectivity index (χ4v) is 4.60. The van der Waals surface area contributed by atoms with Gasteiger partial charge in [0, 0.05) is 25.7 Å². The first kappa shape index (κ1) is 19.4. The summed E-state index contributed by atoms with van der Waals surface area (Å²) < 4.78 is 23.0. The molecule has 1 heterocycles. The summed E-state index contributed by atoms with van der Waals surface area (Å²) in [6, 6.07) is 8.62. The number of benzene rings is 1. The third-order valence-electron chi connectivity index (χ3n) is 5.98. The van der Waals surface area contributed by atoms with Crippen molar-refractivity contribution in [1.29, 1.82) is 0 Å². The van der Waals surface area contributed by atoms with E-state index in [-0.39, 0.29) is 12.8 Å². The van der Waals surface area contributed by atoms with Gasteiger partial charge in [0.15, 0.2) is 11.4 Å². The van der Waals surface area contributed by atoms with Gasteiger partial charge < -0.3 is 24.1 Å². The van der Waals surface area contributed by atoms with Crippen molar-refractivity contribution >= 4 is 11.9 Å². The highest BCUT2D eigenvalue weighted by Gasteiger charge is 2.60. The van der Waals surface area contributed by atoms with Gasteiger partial charge in [0.2, 0.25) is 0 Å². The molecule has 2 saturated carbocycles. The average molecular weight is 390 g/mol. The lowest BCUT2D eigenvalue weighted by molar-refractivity contribution is -0.198. The number of hydrogen-bond acceptors (Lipinski definition) is 7. The Kier molecular flexibility index (Phi) is 5.16. The molecule has 0 unspecified atom stereocenters. The second-order valence-corrected chi connectivity index (χ2v) is 7.95. The minimum absolute atomic E-state index is 0.0610. The van der Waals surface area contributed by atoms with E-state index >= 15 is 0 Å². The Balaban J connectivity index is 1.58. The first-order valence-electron chi connectivity index (χ1n) is 9.87. The number of ether oxygens (including phenoxy) is 4. The van der Waals surface area contributed by atoms with Crippen LogP contribution in [-0.4, -0.2) is 53.9 Å². The van der Waals surface area contributed by atoms with E-state index in [1.54, 1.807) is 24.3 Å². The number of rotatable bonds is 3. The number of esters is 2. The van der Waals surface area contributed by atoms with E-state index in [1.165, 1.54) is 7.11 Å². The van der Waals surface area contributed by atoms with Crippen molar-refractivity contribution in [3.05, 3.63) is 35.9 Å². The molecule has 7 heteroatoms. The van der Waals surface area contributed by atoms with E-state index in [2.05, 4.69) is 0 Å². The van der Waals surface area contributed by atoms with Crippen LogP contribution in [0.4, 0.5) is 0 Å². The summed E-state index contributed by atoms with van der Waals surface area (Å²) >= 11 is 0. The van der Waals surface area contributed by atoms with Gasteiger partial charge in [-0.25, -0.2) is 9.59 Å². The van der Waals surface area contributed by atoms with Crippen LogP contribution < -0.4 is 0 Å². The second-order valence-electron chi connectivity index (χ2n) is 7.95. The van der Waals surface area contributed by atoms with Gasteiger partial charge in [-0.2, -0.15) is 0 Å². The maximum absolute atomic E-state index is 12.6. The molecule has 0 bridgehead atoms. The molecular formula is C21H26O7. The maximum Gasteiger partial charge on any atom is 0.338 e. The lowest BCUT2D eigenvalue weighted by Crippen LogP contribution is -2.56. The van der Waals surface area contributed by atoms with Crippen molar-refractivity contribution < 1.29 is 33.6 Å². The summed E-state index contributed by atoms with van der Waals surface area (Å²) in [5.41, 5.74) is -1.38. The zero-order valence-electron chi connectivity index (χ0n) is 16.0. The molecule has 1 aliphatic heterocycles. The van der Waals surface area contributed by atoms with Crippen molar-refractivity contribution in [2.75, 3.05) is 7.11 Å². The predicted octanol–water partition coefficient (Wildman–Crippen LogP) is 2.35. The molecule has 2 aliphatic carbocycles. The highest BCUT2D eigenvalue weighted by molar-refractivity contribution is 5.89. The third-order valence-corrected chi connectivity index (χ3v) is 5.98. The van der Waals surface area contributed by atoms with Crippen LogP contribution in [0.3, 0.4) is 0 Å². The molecule has 7 nitrogen and oxygen atoms in total. The molecule has 1 saturated heterocycles. The van der Waals surface area contributed by atoms with E-state index in [0.29, 0.717) is 5.56 Å². The molecule has 152 valence electrons. The van der Waals surface area contributed by atoms with Crippen LogP contribution in [0.25, 0.3) is 0 Å². The fraction of sp³-hybridized carbons (Fsp3) is 0.619. The summed E-state index contributed by atoms with van der Waals surface area (Å²) in [4.78, 5) is 24.8. The molecule has 0 radical (unpaired) electrons. The molecule has 0 aromatic heterocycles. The number of carbonyl (C=O) groups is 2. The molecule has 4 rings (SSSR count). The molecule has 1 aromatic carbocycles. The van der Waals surface area contributed by atoms with E-state index in [0.717, 1.165) is 32.1 Å². The van der Waals surface area contributed by atoms with Crippen LogP contribution in [-0.2, 0) is 23.7 Å². The molecule has 3 fully saturated rings. The third kappa shape index (κ3) is 3.54. The smallest absolute Gasteiger partial charge is 0.338 e. The van der Waals surface area contributed by atoms with Crippen molar-refractivity contribution in [2.45, 2.75) is 74.6 Å². The summed E-state index contributed by atoms with van der Waals surface area (Å²) in [6.07, 6.45) is 2.75. The highest BCUT2D eigenvalue weighted by atomic mass is 16.8. The van der Waals surface area contributed by atoms with Gasteiger partial charge >= 0.3 is 11.9 Å². The largest absolute Gasteiger partial charge is 0.467 e. The van der Waals surface area contributed by atoms with Gasteiger partial charge in [-0.3, -0.25) is 0 Å². The highest BCUT2D eigenvalue weighted by Crippen LogP contribution is 2.47. The Morgan fingerprint density at radius 1 is 1.07 bits per heavy atom. The number of aliphatic hydroxyl groups is 1. The van der Waals surface area contributed by atoms with Crippen LogP contribution >= 0.6 is 0 Å². The van der Waals surface area contributed by atoms with Gasteiger partial charge in [0.1, 0.15) is 12.2 Å². The van der Waals surface area contributed by atoms with E-state index in [1.807, 2.05) is 6.07 Å². The summed E-state index contributed by atoms with van der Waals surface area (Å²) in [7, 11) is 1.23. The first-order valence-corrected chi connectivity index (χ1v) is 9.87. The zero-order chi connectivity index (χ0) is 19.8. The van der Waals surface area contributed by atoms with Gasteiger partial charge in [0.25, 0.3) is 0 Å². The predicted molar refractivity (Wildman–Crippen MR) is 97.4 cm³/mol. The lowest BCUT2D eigenvalue weighted by atomic mass is 9.79. The maximum atomic E-state index is 12.6. The molecular weight excluding hydrogens is 364 g/mol. The Bertz CT molecular complexity index is 728. The van der Waals surface area contributed by atoms with Crippen LogP contribution in [0.15, 0.2) is 30.3 Å². The molecule has 1 N–H and O–H groups in total. The van der Waals surface area contributed by atoms with Crippen LogP contribution in [0.2, 0.25) is 0 Å². The van der Waals surface area contributed by atoms with E-state index < -0.39 is 41.6 Å². The lowest BCUT2D eigenvalue weighted by Gasteiger charge is -2.39. The normalized spacial score (nSPS) is 33.9. The molecule has 1 aromatic rings. The molecule has 0 amide bonds. The SMILES string of the molecule is COC(=O)[C@]1(O)C[C@H](OC(=O)c2ccccc2)[C@H]2OC3(CCCCC3)O[C@H]2C1. The van der Waals surface area contributed by atoms with Gasteiger partial charge in [-0.1, -0.05) is 24.6 Å². The molecule has 1 spiro atoms. The van der Waals surface area contributed by atoms with Gasteiger partial charge in [-0.15, -0.1) is 0 Å². The van der Waals surface area contributed by atoms with E-state index in [9.17, 15) is 14.7 Å². The molecule has 28 heavy (non-hydrogen) atoms. The monoisotopic (exact) mass is 390 g/mol. The second kappa shape index (κ2) is 7.46. The summed E-state index contributed by atoms with van der Waals surface area (Å²) in [5.74, 6) is -1.99. The molecule has 4 atom stereocenters. The van der Waals surface area contributed by atoms with Crippen molar-refractivity contribution in [3.8, 4) is 0 Å². The van der Waals surface area contributed by atoms with Gasteiger partial charge in [-0.05, 0) is 25.0 Å². The van der Waals surface area contributed by atoms with E-state index in [4.69, 9.17) is 18.9 Å². The Morgan fingerprint density at radius 2 is 1.79 bits per heavy atom. The van der Waals surface area contributed by atoms with Gasteiger partial charge in [0.05, 0.1) is 18.8 Å². The number of carbonyl (C=O) groups excluding carboxylic acids is 2. The quantitative estimate of drug-likeness (QED) is 0.792. The Labute approximate surface area is 163 Å². The zero-order valence-corrected chi connectivity index (χ0v) is 16.0. The van der Waals surface area contributed by atoms with Crippen molar-refractivity contribution in [3.63, 3.8) is 0 Å². The number of fused-ring (bicyclic) bond motifs is 1. The standard InChI is InChI=1S/C21H26O7/c1-25-19(23)20(24)12-15(26-18(22)14-8-4-2-5-9-14)17-16(13-20)27-21(28-17)10-6-3-7-11-21/h2,4-5,8-9,15-17,24H,3,6-7,10-13H2,1H3/t15-,16-,17+,20-/m0/s1. The topological polar surface area (TPSA) is 91.3 Å². The number of methoxy groups -OCH3 is 1. The summed E-state index contributed by atoms with van der Waals surface area (Å²) in [5, 5.41) is 10.9. The minimum Gasteiger partial charge on any atom is -0.467 e. The van der Waals surface area contributed by atoms with Crippen LogP contribution in [0.1, 0.15) is 55.3 Å². The fourth-order valence-electron chi connectivity index (χ4n) is 4.60. The average Bonchev–Trinajstić information content (AvgIpc) is 3.05. The molecule has 3 aliphatic rings.